The van der Waals surface area contributed by atoms with Gasteiger partial charge in [-0.3, -0.25) is 9.59 Å². The largest absolute Gasteiger partial charge is 0.484 e. The van der Waals surface area contributed by atoms with Gasteiger partial charge in [0.15, 0.2) is 6.61 Å². The lowest BCUT2D eigenvalue weighted by Crippen LogP contribution is -2.45. The Bertz CT molecular complexity index is 1030. The molecule has 1 N–H and O–H groups in total. The summed E-state index contributed by atoms with van der Waals surface area (Å²) in [7, 11) is 1.62. The van der Waals surface area contributed by atoms with E-state index in [4.69, 9.17) is 21.1 Å². The fourth-order valence-electron chi connectivity index (χ4n) is 3.49. The quantitative estimate of drug-likeness (QED) is 0.383. The highest BCUT2D eigenvalue weighted by molar-refractivity contribution is 6.30. The van der Waals surface area contributed by atoms with Crippen LogP contribution in [0, 0.1) is 0 Å². The van der Waals surface area contributed by atoms with Crippen molar-refractivity contribution in [1.82, 2.24) is 10.2 Å². The Kier molecular flexibility index (Phi) is 9.95. The van der Waals surface area contributed by atoms with E-state index >= 15 is 0 Å². The monoisotopic (exact) mass is 480 g/mol. The third-order valence-corrected chi connectivity index (χ3v) is 5.44. The molecule has 0 aliphatic heterocycles. The fraction of sp³-hybridized carbons (Fsp3) is 0.259. The van der Waals surface area contributed by atoms with Crippen molar-refractivity contribution in [3.8, 4) is 5.75 Å². The minimum atomic E-state index is -0.828. The first kappa shape index (κ1) is 25.3. The maximum absolute atomic E-state index is 13.5. The molecule has 0 heterocycles. The predicted molar refractivity (Wildman–Crippen MR) is 133 cm³/mol. The van der Waals surface area contributed by atoms with Crippen LogP contribution in [-0.4, -0.2) is 43.6 Å². The Morgan fingerprint density at radius 2 is 1.59 bits per heavy atom. The molecule has 178 valence electrons. The molecule has 3 rings (SSSR count). The summed E-state index contributed by atoms with van der Waals surface area (Å²) in [5.41, 5.74) is 1.57. The molecule has 0 aromatic heterocycles. The van der Waals surface area contributed by atoms with Gasteiger partial charge in [0.05, 0.1) is 0 Å². The van der Waals surface area contributed by atoms with Gasteiger partial charge in [0.1, 0.15) is 11.8 Å². The maximum Gasteiger partial charge on any atom is 0.261 e. The van der Waals surface area contributed by atoms with E-state index in [1.54, 1.807) is 36.3 Å². The number of para-hydroxylation sites is 1. The second-order valence-electron chi connectivity index (χ2n) is 7.70. The van der Waals surface area contributed by atoms with Crippen molar-refractivity contribution < 1.29 is 19.1 Å². The number of nitrogens with one attached hydrogen (secondary N) is 1. The summed E-state index contributed by atoms with van der Waals surface area (Å²) < 4.78 is 10.8. The van der Waals surface area contributed by atoms with Gasteiger partial charge in [-0.25, -0.2) is 0 Å². The number of rotatable bonds is 12. The molecule has 0 unspecified atom stereocenters. The molecule has 0 saturated heterocycles. The van der Waals surface area contributed by atoms with Crippen LogP contribution >= 0.6 is 11.6 Å². The SMILES string of the molecule is COCCCNC(=O)[C@H](c1ccccc1)N(Cc1ccc(Cl)cc1)C(=O)COc1ccccc1. The number of carbonyl (C=O) groups is 2. The Morgan fingerprint density at radius 3 is 2.24 bits per heavy atom. The van der Waals surface area contributed by atoms with Crippen LogP contribution in [0.15, 0.2) is 84.9 Å². The van der Waals surface area contributed by atoms with Crippen LogP contribution < -0.4 is 10.1 Å². The molecule has 1 atom stereocenters. The van der Waals surface area contributed by atoms with Gasteiger partial charge in [-0.2, -0.15) is 0 Å². The zero-order chi connectivity index (χ0) is 24.2. The molecule has 3 aromatic rings. The summed E-state index contributed by atoms with van der Waals surface area (Å²) in [6.07, 6.45) is 0.673. The molecule has 6 nitrogen and oxygen atoms in total. The highest BCUT2D eigenvalue weighted by atomic mass is 35.5. The lowest BCUT2D eigenvalue weighted by Gasteiger charge is -2.31. The van der Waals surface area contributed by atoms with Gasteiger partial charge in [0.25, 0.3) is 5.91 Å². The number of amides is 2. The molecule has 0 aliphatic carbocycles. The number of hydrogen-bond acceptors (Lipinski definition) is 4. The normalized spacial score (nSPS) is 11.5. The molecule has 0 spiro atoms. The van der Waals surface area contributed by atoms with Crippen molar-refractivity contribution in [2.24, 2.45) is 0 Å². The minimum absolute atomic E-state index is 0.197. The van der Waals surface area contributed by atoms with Crippen molar-refractivity contribution in [3.05, 3.63) is 101 Å². The molecule has 2 amide bonds. The first-order valence-corrected chi connectivity index (χ1v) is 11.5. The molecule has 34 heavy (non-hydrogen) atoms. The standard InChI is InChI=1S/C27H29ClN2O4/c1-33-18-8-17-29-27(32)26(22-9-4-2-5-10-22)30(19-21-13-15-23(28)16-14-21)25(31)20-34-24-11-6-3-7-12-24/h2-7,9-16,26H,8,17-20H2,1H3,(H,29,32)/t26-/m0/s1. The molecule has 7 heteroatoms. The lowest BCUT2D eigenvalue weighted by atomic mass is 10.0. The van der Waals surface area contributed by atoms with Crippen LogP contribution in [0.3, 0.4) is 0 Å². The Morgan fingerprint density at radius 1 is 0.941 bits per heavy atom. The van der Waals surface area contributed by atoms with Crippen molar-refractivity contribution in [2.75, 3.05) is 26.9 Å². The van der Waals surface area contributed by atoms with Gasteiger partial charge in [0, 0.05) is 31.8 Å². The first-order valence-electron chi connectivity index (χ1n) is 11.1. The molecular weight excluding hydrogens is 452 g/mol. The predicted octanol–water partition coefficient (Wildman–Crippen LogP) is 4.64. The van der Waals surface area contributed by atoms with E-state index in [2.05, 4.69) is 5.32 Å². The Balaban J connectivity index is 1.88. The smallest absolute Gasteiger partial charge is 0.261 e. The molecule has 0 radical (unpaired) electrons. The number of halogens is 1. The first-order chi connectivity index (χ1) is 16.6. The number of hydrogen-bond donors (Lipinski definition) is 1. The topological polar surface area (TPSA) is 67.9 Å². The van der Waals surface area contributed by atoms with Gasteiger partial charge >= 0.3 is 0 Å². The van der Waals surface area contributed by atoms with E-state index in [9.17, 15) is 9.59 Å². The Labute approximate surface area is 205 Å². The average Bonchev–Trinajstić information content (AvgIpc) is 2.87. The van der Waals surface area contributed by atoms with E-state index < -0.39 is 6.04 Å². The zero-order valence-corrected chi connectivity index (χ0v) is 19.9. The Hall–Kier alpha value is -3.35. The third kappa shape index (κ3) is 7.61. The van der Waals surface area contributed by atoms with Crippen LogP contribution in [0.25, 0.3) is 0 Å². The molecule has 0 aliphatic rings. The molecule has 0 fully saturated rings. The molecule has 0 saturated carbocycles. The minimum Gasteiger partial charge on any atom is -0.484 e. The summed E-state index contributed by atoms with van der Waals surface area (Å²) in [5.74, 6) is 0.0200. The number of methoxy groups -OCH3 is 1. The van der Waals surface area contributed by atoms with Gasteiger partial charge in [-0.15, -0.1) is 0 Å². The van der Waals surface area contributed by atoms with E-state index in [1.807, 2.05) is 60.7 Å². The third-order valence-electron chi connectivity index (χ3n) is 5.19. The number of benzene rings is 3. The summed E-state index contributed by atoms with van der Waals surface area (Å²) in [6, 6.07) is 24.8. The van der Waals surface area contributed by atoms with E-state index in [0.29, 0.717) is 35.9 Å². The fourth-order valence-corrected chi connectivity index (χ4v) is 3.61. The second kappa shape index (κ2) is 13.4. The highest BCUT2D eigenvalue weighted by Gasteiger charge is 2.31. The van der Waals surface area contributed by atoms with Gasteiger partial charge in [-0.1, -0.05) is 72.3 Å². The van der Waals surface area contributed by atoms with Crippen LogP contribution in [0.4, 0.5) is 0 Å². The maximum atomic E-state index is 13.5. The van der Waals surface area contributed by atoms with Crippen LogP contribution in [0.5, 0.6) is 5.75 Å². The molecular formula is C27H29ClN2O4. The van der Waals surface area contributed by atoms with Crippen molar-refractivity contribution in [1.29, 1.82) is 0 Å². The summed E-state index contributed by atoms with van der Waals surface area (Å²) in [6.45, 7) is 1.01. The van der Waals surface area contributed by atoms with Crippen LogP contribution in [0.1, 0.15) is 23.6 Å². The lowest BCUT2D eigenvalue weighted by molar-refractivity contribution is -0.143. The number of nitrogens with zero attached hydrogens (tertiary/aromatic N) is 1. The molecule has 3 aromatic carbocycles. The molecule has 0 bridgehead atoms. The summed E-state index contributed by atoms with van der Waals surface area (Å²) in [4.78, 5) is 28.4. The number of carbonyl (C=O) groups excluding carboxylic acids is 2. The highest BCUT2D eigenvalue weighted by Crippen LogP contribution is 2.25. The van der Waals surface area contributed by atoms with Crippen molar-refractivity contribution in [3.63, 3.8) is 0 Å². The van der Waals surface area contributed by atoms with Crippen molar-refractivity contribution in [2.45, 2.75) is 19.0 Å². The van der Waals surface area contributed by atoms with Crippen LogP contribution in [0.2, 0.25) is 5.02 Å². The van der Waals surface area contributed by atoms with Crippen LogP contribution in [-0.2, 0) is 20.9 Å². The summed E-state index contributed by atoms with van der Waals surface area (Å²) >= 11 is 6.05. The second-order valence-corrected chi connectivity index (χ2v) is 8.14. The van der Waals surface area contributed by atoms with E-state index in [0.717, 1.165) is 5.56 Å². The van der Waals surface area contributed by atoms with Crippen molar-refractivity contribution >= 4 is 23.4 Å². The number of ether oxygens (including phenoxy) is 2. The van der Waals surface area contributed by atoms with Gasteiger partial charge in [-0.05, 0) is 41.8 Å². The zero-order valence-electron chi connectivity index (χ0n) is 19.2. The van der Waals surface area contributed by atoms with Gasteiger partial charge in [0.2, 0.25) is 5.91 Å². The average molecular weight is 481 g/mol. The summed E-state index contributed by atoms with van der Waals surface area (Å²) in [5, 5.41) is 3.55. The van der Waals surface area contributed by atoms with Gasteiger partial charge < -0.3 is 19.7 Å². The van der Waals surface area contributed by atoms with E-state index in [-0.39, 0.29) is 25.0 Å². The van der Waals surface area contributed by atoms with E-state index in [1.165, 1.54) is 0 Å².